The standard InChI is InChI=1S/C8H7Cl2N3/c1-13-8-6(4-11-13)2-5(3-9)7(10)12-8/h2,4H,3H2,1H3. The average Bonchev–Trinajstić information content (AvgIpc) is 2.47. The van der Waals surface area contributed by atoms with Crippen LogP contribution >= 0.6 is 23.2 Å². The van der Waals surface area contributed by atoms with Crippen LogP contribution in [0.15, 0.2) is 12.3 Å². The smallest absolute Gasteiger partial charge is 0.159 e. The van der Waals surface area contributed by atoms with Gasteiger partial charge in [0.05, 0.1) is 12.1 Å². The van der Waals surface area contributed by atoms with Gasteiger partial charge in [0, 0.05) is 18.0 Å². The molecule has 0 aromatic carbocycles. The normalized spacial score (nSPS) is 11.0. The van der Waals surface area contributed by atoms with Gasteiger partial charge in [-0.15, -0.1) is 11.6 Å². The van der Waals surface area contributed by atoms with Crippen LogP contribution in [-0.4, -0.2) is 14.8 Å². The van der Waals surface area contributed by atoms with Crippen LogP contribution in [0.2, 0.25) is 5.15 Å². The molecular formula is C8H7Cl2N3. The Kier molecular flexibility index (Phi) is 2.14. The van der Waals surface area contributed by atoms with Crippen LogP contribution in [-0.2, 0) is 12.9 Å². The molecular weight excluding hydrogens is 209 g/mol. The van der Waals surface area contributed by atoms with Gasteiger partial charge in [0.25, 0.3) is 0 Å². The fourth-order valence-corrected chi connectivity index (χ4v) is 1.67. The van der Waals surface area contributed by atoms with Gasteiger partial charge in [-0.1, -0.05) is 11.6 Å². The molecule has 2 aromatic rings. The molecule has 3 nitrogen and oxygen atoms in total. The largest absolute Gasteiger partial charge is 0.250 e. The van der Waals surface area contributed by atoms with E-state index in [4.69, 9.17) is 23.2 Å². The second-order valence-electron chi connectivity index (χ2n) is 2.75. The minimum absolute atomic E-state index is 0.372. The molecule has 2 rings (SSSR count). The summed E-state index contributed by atoms with van der Waals surface area (Å²) in [5.74, 6) is 0.372. The highest BCUT2D eigenvalue weighted by atomic mass is 35.5. The Morgan fingerprint density at radius 1 is 1.54 bits per heavy atom. The molecule has 0 spiro atoms. The number of rotatable bonds is 1. The quantitative estimate of drug-likeness (QED) is 0.541. The van der Waals surface area contributed by atoms with E-state index in [1.807, 2.05) is 13.1 Å². The zero-order valence-corrected chi connectivity index (χ0v) is 8.47. The van der Waals surface area contributed by atoms with Crippen molar-refractivity contribution >= 4 is 34.2 Å². The molecule has 2 heterocycles. The molecule has 0 saturated heterocycles. The monoisotopic (exact) mass is 215 g/mol. The summed E-state index contributed by atoms with van der Waals surface area (Å²) in [4.78, 5) is 4.19. The number of aryl methyl sites for hydroxylation is 1. The van der Waals surface area contributed by atoms with Crippen LogP contribution in [0, 0.1) is 0 Å². The molecule has 0 saturated carbocycles. The summed E-state index contributed by atoms with van der Waals surface area (Å²) in [5, 5.41) is 5.48. The first-order valence-corrected chi connectivity index (χ1v) is 4.66. The Morgan fingerprint density at radius 3 is 3.00 bits per heavy atom. The van der Waals surface area contributed by atoms with Crippen LogP contribution < -0.4 is 0 Å². The summed E-state index contributed by atoms with van der Waals surface area (Å²) in [6, 6.07) is 1.91. The van der Waals surface area contributed by atoms with Crippen LogP contribution in [0.25, 0.3) is 11.0 Å². The van der Waals surface area contributed by atoms with E-state index in [0.717, 1.165) is 16.6 Å². The van der Waals surface area contributed by atoms with Gasteiger partial charge in [0.2, 0.25) is 0 Å². The van der Waals surface area contributed by atoms with Gasteiger partial charge in [-0.3, -0.25) is 4.68 Å². The van der Waals surface area contributed by atoms with Gasteiger partial charge in [0.15, 0.2) is 5.65 Å². The zero-order chi connectivity index (χ0) is 9.42. The van der Waals surface area contributed by atoms with E-state index in [0.29, 0.717) is 11.0 Å². The number of alkyl halides is 1. The number of hydrogen-bond acceptors (Lipinski definition) is 2. The number of hydrogen-bond donors (Lipinski definition) is 0. The van der Waals surface area contributed by atoms with Gasteiger partial charge < -0.3 is 0 Å². The maximum Gasteiger partial charge on any atom is 0.159 e. The lowest BCUT2D eigenvalue weighted by Gasteiger charge is -1.99. The Bertz CT molecular complexity index is 450. The van der Waals surface area contributed by atoms with Gasteiger partial charge in [-0.25, -0.2) is 4.98 Å². The van der Waals surface area contributed by atoms with Crippen molar-refractivity contribution in [1.29, 1.82) is 0 Å². The third-order valence-corrected chi connectivity index (χ3v) is 2.49. The van der Waals surface area contributed by atoms with Gasteiger partial charge in [-0.05, 0) is 6.07 Å². The predicted molar refractivity (Wildman–Crippen MR) is 53.1 cm³/mol. The topological polar surface area (TPSA) is 30.7 Å². The van der Waals surface area contributed by atoms with Crippen molar-refractivity contribution in [2.75, 3.05) is 0 Å². The van der Waals surface area contributed by atoms with Gasteiger partial charge in [0.1, 0.15) is 5.15 Å². The van der Waals surface area contributed by atoms with Crippen molar-refractivity contribution in [3.05, 3.63) is 23.0 Å². The first-order valence-electron chi connectivity index (χ1n) is 3.75. The lowest BCUT2D eigenvalue weighted by Crippen LogP contribution is -1.93. The molecule has 0 atom stereocenters. The van der Waals surface area contributed by atoms with Crippen molar-refractivity contribution < 1.29 is 0 Å². The third-order valence-electron chi connectivity index (χ3n) is 1.88. The first kappa shape index (κ1) is 8.78. The van der Waals surface area contributed by atoms with Crippen LogP contribution in [0.3, 0.4) is 0 Å². The second-order valence-corrected chi connectivity index (χ2v) is 3.38. The number of halogens is 2. The fraction of sp³-hybridized carbons (Fsp3) is 0.250. The molecule has 68 valence electrons. The summed E-state index contributed by atoms with van der Waals surface area (Å²) < 4.78 is 1.68. The van der Waals surface area contributed by atoms with Crippen LogP contribution in [0.1, 0.15) is 5.56 Å². The Morgan fingerprint density at radius 2 is 2.31 bits per heavy atom. The molecule has 0 N–H and O–H groups in total. The highest BCUT2D eigenvalue weighted by molar-refractivity contribution is 6.31. The minimum atomic E-state index is 0.372. The second kappa shape index (κ2) is 3.16. The van der Waals surface area contributed by atoms with E-state index < -0.39 is 0 Å². The summed E-state index contributed by atoms with van der Waals surface area (Å²) >= 11 is 11.6. The van der Waals surface area contributed by atoms with Crippen LogP contribution in [0.5, 0.6) is 0 Å². The molecule has 0 radical (unpaired) electrons. The number of nitrogens with zero attached hydrogens (tertiary/aromatic N) is 3. The summed E-state index contributed by atoms with van der Waals surface area (Å²) in [7, 11) is 1.83. The van der Waals surface area contributed by atoms with Crippen molar-refractivity contribution in [2.45, 2.75) is 5.88 Å². The molecule has 0 aliphatic carbocycles. The average molecular weight is 216 g/mol. The summed E-state index contributed by atoms with van der Waals surface area (Å²) in [6.45, 7) is 0. The van der Waals surface area contributed by atoms with Crippen molar-refractivity contribution in [3.8, 4) is 0 Å². The van der Waals surface area contributed by atoms with E-state index in [9.17, 15) is 0 Å². The van der Waals surface area contributed by atoms with Crippen molar-refractivity contribution in [3.63, 3.8) is 0 Å². The molecule has 0 bridgehead atoms. The zero-order valence-electron chi connectivity index (χ0n) is 6.96. The summed E-state index contributed by atoms with van der Waals surface area (Å²) in [6.07, 6.45) is 1.74. The third kappa shape index (κ3) is 1.38. The van der Waals surface area contributed by atoms with Crippen LogP contribution in [0.4, 0.5) is 0 Å². The lowest BCUT2D eigenvalue weighted by molar-refractivity contribution is 0.786. The number of pyridine rings is 1. The molecule has 5 heteroatoms. The Hall–Kier alpha value is -0.800. The molecule has 0 fully saturated rings. The maximum absolute atomic E-state index is 5.90. The van der Waals surface area contributed by atoms with E-state index in [1.54, 1.807) is 10.9 Å². The molecule has 0 aliphatic heterocycles. The highest BCUT2D eigenvalue weighted by Crippen LogP contribution is 2.21. The maximum atomic E-state index is 5.90. The van der Waals surface area contributed by atoms with E-state index in [-0.39, 0.29) is 0 Å². The molecule has 13 heavy (non-hydrogen) atoms. The van der Waals surface area contributed by atoms with Crippen molar-refractivity contribution in [1.82, 2.24) is 14.8 Å². The van der Waals surface area contributed by atoms with Gasteiger partial charge >= 0.3 is 0 Å². The Labute approximate surface area is 85.3 Å². The first-order chi connectivity index (χ1) is 6.22. The molecule has 0 unspecified atom stereocenters. The predicted octanol–water partition coefficient (Wildman–Crippen LogP) is 2.36. The molecule has 0 amide bonds. The van der Waals surface area contributed by atoms with E-state index in [1.165, 1.54) is 0 Å². The number of fused-ring (bicyclic) bond motifs is 1. The van der Waals surface area contributed by atoms with Crippen molar-refractivity contribution in [2.24, 2.45) is 7.05 Å². The summed E-state index contributed by atoms with van der Waals surface area (Å²) in [5.41, 5.74) is 1.61. The highest BCUT2D eigenvalue weighted by Gasteiger charge is 2.06. The Balaban J connectivity index is 2.76. The lowest BCUT2D eigenvalue weighted by atomic mass is 10.2. The molecule has 0 aliphatic rings. The molecule has 2 aromatic heterocycles. The van der Waals surface area contributed by atoms with Gasteiger partial charge in [-0.2, -0.15) is 5.10 Å². The minimum Gasteiger partial charge on any atom is -0.250 e. The fourth-order valence-electron chi connectivity index (χ4n) is 1.19. The SMILES string of the molecule is Cn1ncc2cc(CCl)c(Cl)nc21. The van der Waals surface area contributed by atoms with E-state index >= 15 is 0 Å². The van der Waals surface area contributed by atoms with E-state index in [2.05, 4.69) is 10.1 Å². The number of aromatic nitrogens is 3.